The molecular weight excluding hydrogens is 168 g/mol. The molecule has 0 aromatic carbocycles. The number of nitrogens with one attached hydrogen (secondary N) is 2. The Kier molecular flexibility index (Phi) is 4.80. The molecule has 0 radical (unpaired) electrons. The van der Waals surface area contributed by atoms with Crippen LogP contribution in [-0.2, 0) is 14.8 Å². The largest absolute Gasteiger partial charge is 0.281 e. The molecule has 0 rings (SSSR count). The van der Waals surface area contributed by atoms with Gasteiger partial charge in [-0.2, -0.15) is 0 Å². The molecule has 0 bridgehead atoms. The zero-order valence-electron chi connectivity index (χ0n) is 6.33. The van der Waals surface area contributed by atoms with E-state index in [1.165, 1.54) is 0 Å². The highest BCUT2D eigenvalue weighted by molar-refractivity contribution is 7.89. The number of rotatable bonds is 6. The summed E-state index contributed by atoms with van der Waals surface area (Å²) < 4.78 is 21.6. The standard InChI is InChI=1S/C5H12N2O3S/c1-2-3-4-11(9,10)7-6-5-8/h5,7H,2-4H2,1H3,(H,6,8). The number of hydrogen-bond donors (Lipinski definition) is 2. The van der Waals surface area contributed by atoms with Crippen molar-refractivity contribution in [2.45, 2.75) is 19.8 Å². The Hall–Kier alpha value is -0.620. The summed E-state index contributed by atoms with van der Waals surface area (Å²) in [6.07, 6.45) is 1.68. The van der Waals surface area contributed by atoms with Crippen LogP contribution >= 0.6 is 0 Å². The second-order valence-electron chi connectivity index (χ2n) is 2.04. The van der Waals surface area contributed by atoms with Gasteiger partial charge in [-0.3, -0.25) is 10.2 Å². The Morgan fingerprint density at radius 3 is 2.55 bits per heavy atom. The van der Waals surface area contributed by atoms with E-state index in [0.717, 1.165) is 6.42 Å². The summed E-state index contributed by atoms with van der Waals surface area (Å²) in [5, 5.41) is 0. The molecule has 6 heteroatoms. The number of carbonyl (C=O) groups excluding carboxylic acids is 1. The third kappa shape index (κ3) is 5.81. The van der Waals surface area contributed by atoms with Gasteiger partial charge in [-0.25, -0.2) is 8.42 Å². The summed E-state index contributed by atoms with van der Waals surface area (Å²) in [7, 11) is -3.30. The molecule has 11 heavy (non-hydrogen) atoms. The summed E-state index contributed by atoms with van der Waals surface area (Å²) in [4.78, 5) is 11.6. The SMILES string of the molecule is CCCCS(=O)(=O)NNC=O. The highest BCUT2D eigenvalue weighted by Crippen LogP contribution is 1.91. The van der Waals surface area contributed by atoms with Gasteiger partial charge in [0.25, 0.3) is 0 Å². The van der Waals surface area contributed by atoms with Gasteiger partial charge in [-0.15, -0.1) is 4.83 Å². The molecule has 0 saturated heterocycles. The Morgan fingerprint density at radius 2 is 2.09 bits per heavy atom. The topological polar surface area (TPSA) is 75.3 Å². The van der Waals surface area contributed by atoms with Crippen molar-refractivity contribution in [3.05, 3.63) is 0 Å². The van der Waals surface area contributed by atoms with Crippen molar-refractivity contribution in [1.29, 1.82) is 0 Å². The monoisotopic (exact) mass is 180 g/mol. The molecule has 1 amide bonds. The Morgan fingerprint density at radius 1 is 1.45 bits per heavy atom. The zero-order valence-corrected chi connectivity index (χ0v) is 7.15. The predicted octanol–water partition coefficient (Wildman–Crippen LogP) is -0.633. The van der Waals surface area contributed by atoms with Crippen molar-refractivity contribution in [2.75, 3.05) is 5.75 Å². The van der Waals surface area contributed by atoms with Gasteiger partial charge >= 0.3 is 0 Å². The number of unbranched alkanes of at least 4 members (excludes halogenated alkanes) is 1. The first-order valence-electron chi connectivity index (χ1n) is 3.31. The average molecular weight is 180 g/mol. The van der Waals surface area contributed by atoms with E-state index in [1.807, 2.05) is 17.2 Å². The highest BCUT2D eigenvalue weighted by atomic mass is 32.2. The molecule has 0 saturated carbocycles. The number of hydrogen-bond acceptors (Lipinski definition) is 3. The van der Waals surface area contributed by atoms with Crippen molar-refractivity contribution >= 4 is 16.4 Å². The van der Waals surface area contributed by atoms with E-state index in [-0.39, 0.29) is 12.2 Å². The summed E-state index contributed by atoms with van der Waals surface area (Å²) in [6, 6.07) is 0. The number of amides is 1. The molecule has 0 aromatic rings. The van der Waals surface area contributed by atoms with Crippen molar-refractivity contribution in [1.82, 2.24) is 10.3 Å². The molecule has 2 N–H and O–H groups in total. The van der Waals surface area contributed by atoms with Crippen molar-refractivity contribution in [3.8, 4) is 0 Å². The smallest absolute Gasteiger partial charge is 0.228 e. The molecule has 0 spiro atoms. The molecule has 0 aliphatic rings. The maximum absolute atomic E-state index is 10.8. The van der Waals surface area contributed by atoms with Crippen LogP contribution in [0.4, 0.5) is 0 Å². The van der Waals surface area contributed by atoms with Gasteiger partial charge in [0.15, 0.2) is 0 Å². The first-order chi connectivity index (χ1) is 5.12. The average Bonchev–Trinajstić information content (AvgIpc) is 1.97. The van der Waals surface area contributed by atoms with E-state index in [0.29, 0.717) is 6.42 Å². The third-order valence-corrected chi connectivity index (χ3v) is 2.29. The van der Waals surface area contributed by atoms with Gasteiger partial charge in [-0.05, 0) is 6.42 Å². The minimum Gasteiger partial charge on any atom is -0.281 e. The van der Waals surface area contributed by atoms with E-state index in [2.05, 4.69) is 0 Å². The summed E-state index contributed by atoms with van der Waals surface area (Å²) in [6.45, 7) is 1.89. The summed E-state index contributed by atoms with van der Waals surface area (Å²) in [5.74, 6) is 0.0460. The van der Waals surface area contributed by atoms with Crippen LogP contribution in [0, 0.1) is 0 Å². The first kappa shape index (κ1) is 10.4. The highest BCUT2D eigenvalue weighted by Gasteiger charge is 2.06. The van der Waals surface area contributed by atoms with Gasteiger partial charge < -0.3 is 0 Å². The van der Waals surface area contributed by atoms with Crippen molar-refractivity contribution in [2.24, 2.45) is 0 Å². The van der Waals surface area contributed by atoms with Gasteiger partial charge in [-0.1, -0.05) is 13.3 Å². The van der Waals surface area contributed by atoms with E-state index in [4.69, 9.17) is 0 Å². The predicted molar refractivity (Wildman–Crippen MR) is 41.0 cm³/mol. The second kappa shape index (κ2) is 5.09. The lowest BCUT2D eigenvalue weighted by atomic mass is 10.4. The van der Waals surface area contributed by atoms with Crippen LogP contribution < -0.4 is 10.3 Å². The normalized spacial score (nSPS) is 11.0. The van der Waals surface area contributed by atoms with Crippen LogP contribution in [0.3, 0.4) is 0 Å². The summed E-state index contributed by atoms with van der Waals surface area (Å²) in [5.41, 5.74) is 1.88. The molecule has 0 unspecified atom stereocenters. The first-order valence-corrected chi connectivity index (χ1v) is 4.96. The molecular formula is C5H12N2O3S. The van der Waals surface area contributed by atoms with Crippen LogP contribution in [0.25, 0.3) is 0 Å². The summed E-state index contributed by atoms with van der Waals surface area (Å²) >= 11 is 0. The molecule has 0 atom stereocenters. The van der Waals surface area contributed by atoms with E-state index >= 15 is 0 Å². The maximum atomic E-state index is 10.8. The van der Waals surface area contributed by atoms with Crippen LogP contribution in [0.2, 0.25) is 0 Å². The van der Waals surface area contributed by atoms with Crippen LogP contribution in [0.1, 0.15) is 19.8 Å². The van der Waals surface area contributed by atoms with Crippen LogP contribution in [0.5, 0.6) is 0 Å². The molecule has 0 aromatic heterocycles. The quantitative estimate of drug-likeness (QED) is 0.422. The molecule has 0 aliphatic carbocycles. The van der Waals surface area contributed by atoms with E-state index in [9.17, 15) is 13.2 Å². The maximum Gasteiger partial charge on any atom is 0.228 e. The Bertz CT molecular complexity index is 200. The lowest BCUT2D eigenvalue weighted by molar-refractivity contribution is -0.109. The fraction of sp³-hybridized carbons (Fsp3) is 0.800. The lowest BCUT2D eigenvalue weighted by Crippen LogP contribution is -2.37. The minimum absolute atomic E-state index is 0.0460. The van der Waals surface area contributed by atoms with Crippen molar-refractivity contribution < 1.29 is 13.2 Å². The molecule has 5 nitrogen and oxygen atoms in total. The van der Waals surface area contributed by atoms with Gasteiger partial charge in [0.1, 0.15) is 0 Å². The zero-order chi connectivity index (χ0) is 8.74. The fourth-order valence-corrected chi connectivity index (χ4v) is 1.50. The third-order valence-electron chi connectivity index (χ3n) is 1.04. The lowest BCUT2D eigenvalue weighted by Gasteiger charge is -2.02. The van der Waals surface area contributed by atoms with Crippen LogP contribution in [0.15, 0.2) is 0 Å². The van der Waals surface area contributed by atoms with E-state index in [1.54, 1.807) is 0 Å². The van der Waals surface area contributed by atoms with Gasteiger partial charge in [0, 0.05) is 0 Å². The fourth-order valence-electron chi connectivity index (χ4n) is 0.499. The van der Waals surface area contributed by atoms with Gasteiger partial charge in [0.05, 0.1) is 5.75 Å². The number of hydrazine groups is 1. The Labute approximate surface area is 66.2 Å². The minimum atomic E-state index is -3.30. The molecule has 0 fully saturated rings. The van der Waals surface area contributed by atoms with Crippen molar-refractivity contribution in [3.63, 3.8) is 0 Å². The second-order valence-corrected chi connectivity index (χ2v) is 3.88. The van der Waals surface area contributed by atoms with Gasteiger partial charge in [0.2, 0.25) is 16.4 Å². The molecule has 66 valence electrons. The Balaban J connectivity index is 3.71. The molecule has 0 heterocycles. The van der Waals surface area contributed by atoms with Crippen LogP contribution in [-0.4, -0.2) is 20.6 Å². The number of carbonyl (C=O) groups is 1. The number of sulfonamides is 1. The molecule has 0 aliphatic heterocycles. The van der Waals surface area contributed by atoms with E-state index < -0.39 is 10.0 Å².